The monoisotopic (exact) mass is 322 g/mol. The molecule has 24 heavy (non-hydrogen) atoms. The Kier molecular flexibility index (Phi) is 4.76. The van der Waals surface area contributed by atoms with Gasteiger partial charge in [-0.05, 0) is 30.3 Å². The molecule has 0 bridgehead atoms. The van der Waals surface area contributed by atoms with E-state index in [1.54, 1.807) is 30.3 Å². The average molecular weight is 322 g/mol. The molecule has 5 nitrogen and oxygen atoms in total. The molecule has 0 unspecified atom stereocenters. The van der Waals surface area contributed by atoms with E-state index in [-0.39, 0.29) is 18.1 Å². The number of carbonyl (C=O) groups is 1. The first-order chi connectivity index (χ1) is 11.7. The van der Waals surface area contributed by atoms with Crippen molar-refractivity contribution in [3.05, 3.63) is 83.8 Å². The Hall–Kier alpha value is -3.28. The summed E-state index contributed by atoms with van der Waals surface area (Å²) in [5.41, 5.74) is 1.47. The van der Waals surface area contributed by atoms with Crippen LogP contribution >= 0.6 is 0 Å². The van der Waals surface area contributed by atoms with Gasteiger partial charge in [0.1, 0.15) is 5.82 Å². The van der Waals surface area contributed by atoms with Crippen LogP contribution in [0, 0.1) is 5.82 Å². The number of nitrogens with one attached hydrogen (secondary N) is 2. The third-order valence-corrected chi connectivity index (χ3v) is 3.34. The van der Waals surface area contributed by atoms with E-state index in [2.05, 4.69) is 20.8 Å². The van der Waals surface area contributed by atoms with Crippen LogP contribution in [0.15, 0.2) is 66.7 Å². The van der Waals surface area contributed by atoms with Gasteiger partial charge in [-0.2, -0.15) is 0 Å². The Morgan fingerprint density at radius 3 is 2.38 bits per heavy atom. The zero-order valence-electron chi connectivity index (χ0n) is 12.7. The molecule has 0 saturated heterocycles. The number of carbonyl (C=O) groups excluding carboxylic acids is 1. The van der Waals surface area contributed by atoms with E-state index < -0.39 is 5.91 Å². The second kappa shape index (κ2) is 7.32. The Morgan fingerprint density at radius 1 is 0.917 bits per heavy atom. The summed E-state index contributed by atoms with van der Waals surface area (Å²) in [6.45, 7) is 0.0944. The number of benzene rings is 2. The van der Waals surface area contributed by atoms with Gasteiger partial charge < -0.3 is 10.6 Å². The molecule has 6 heteroatoms. The Bertz CT molecular complexity index is 822. The maximum Gasteiger partial charge on any atom is 0.272 e. The molecule has 120 valence electrons. The fraction of sp³-hybridized carbons (Fsp3) is 0.0556. The first-order valence-corrected chi connectivity index (χ1v) is 7.40. The minimum Gasteiger partial charge on any atom is -0.346 e. The highest BCUT2D eigenvalue weighted by molar-refractivity contribution is 5.92. The number of anilines is 2. The zero-order chi connectivity index (χ0) is 16.8. The van der Waals surface area contributed by atoms with Crippen molar-refractivity contribution in [3.63, 3.8) is 0 Å². The van der Waals surface area contributed by atoms with Crippen LogP contribution < -0.4 is 10.6 Å². The highest BCUT2D eigenvalue weighted by atomic mass is 19.1. The third kappa shape index (κ3) is 3.92. The van der Waals surface area contributed by atoms with Crippen molar-refractivity contribution in [1.82, 2.24) is 15.5 Å². The minimum atomic E-state index is -0.406. The number of amides is 1. The molecule has 3 aromatic rings. The summed E-state index contributed by atoms with van der Waals surface area (Å²) in [6, 6.07) is 19.0. The van der Waals surface area contributed by atoms with Gasteiger partial charge >= 0.3 is 0 Å². The molecule has 0 radical (unpaired) electrons. The standard InChI is InChI=1S/C18H15FN4O/c19-15-9-5-4-6-13(15)12-20-18(24)16-10-11-17(23-22-16)21-14-7-2-1-3-8-14/h1-11H,12H2,(H,20,24)(H,21,23). The Balaban J connectivity index is 1.61. The van der Waals surface area contributed by atoms with Crippen LogP contribution in [0.1, 0.15) is 16.1 Å². The van der Waals surface area contributed by atoms with E-state index in [1.807, 2.05) is 30.3 Å². The lowest BCUT2D eigenvalue weighted by atomic mass is 10.2. The Labute approximate surface area is 138 Å². The molecule has 0 saturated carbocycles. The SMILES string of the molecule is O=C(NCc1ccccc1F)c1ccc(Nc2ccccc2)nn1. The predicted octanol–water partition coefficient (Wildman–Crippen LogP) is 3.29. The average Bonchev–Trinajstić information content (AvgIpc) is 2.62. The smallest absolute Gasteiger partial charge is 0.272 e. The molecule has 1 amide bonds. The van der Waals surface area contributed by atoms with E-state index in [0.717, 1.165) is 5.69 Å². The number of nitrogens with zero attached hydrogens (tertiary/aromatic N) is 2. The van der Waals surface area contributed by atoms with E-state index in [9.17, 15) is 9.18 Å². The van der Waals surface area contributed by atoms with Gasteiger partial charge in [0.2, 0.25) is 0 Å². The van der Waals surface area contributed by atoms with Crippen LogP contribution in [0.3, 0.4) is 0 Å². The van der Waals surface area contributed by atoms with Crippen molar-refractivity contribution in [3.8, 4) is 0 Å². The van der Waals surface area contributed by atoms with Crippen molar-refractivity contribution < 1.29 is 9.18 Å². The number of para-hydroxylation sites is 1. The second-order valence-electron chi connectivity index (χ2n) is 5.07. The second-order valence-corrected chi connectivity index (χ2v) is 5.07. The number of rotatable bonds is 5. The summed E-state index contributed by atoms with van der Waals surface area (Å²) in [6.07, 6.45) is 0. The summed E-state index contributed by atoms with van der Waals surface area (Å²) in [7, 11) is 0. The molecule has 0 spiro atoms. The maximum absolute atomic E-state index is 13.5. The highest BCUT2D eigenvalue weighted by Gasteiger charge is 2.09. The number of halogens is 1. The largest absolute Gasteiger partial charge is 0.346 e. The first-order valence-electron chi connectivity index (χ1n) is 7.40. The van der Waals surface area contributed by atoms with Crippen LogP contribution in [-0.2, 0) is 6.54 Å². The predicted molar refractivity (Wildman–Crippen MR) is 89.3 cm³/mol. The molecule has 2 aromatic carbocycles. The van der Waals surface area contributed by atoms with Crippen LogP contribution in [0.25, 0.3) is 0 Å². The molecule has 0 aliphatic rings. The van der Waals surface area contributed by atoms with Crippen molar-refractivity contribution in [2.75, 3.05) is 5.32 Å². The fourth-order valence-corrected chi connectivity index (χ4v) is 2.10. The van der Waals surface area contributed by atoms with Crippen LogP contribution in [0.5, 0.6) is 0 Å². The summed E-state index contributed by atoms with van der Waals surface area (Å²) >= 11 is 0. The van der Waals surface area contributed by atoms with Gasteiger partial charge in [0.25, 0.3) is 5.91 Å². The summed E-state index contributed by atoms with van der Waals surface area (Å²) in [5, 5.41) is 13.6. The van der Waals surface area contributed by atoms with Gasteiger partial charge in [0.05, 0.1) is 0 Å². The van der Waals surface area contributed by atoms with E-state index in [0.29, 0.717) is 11.4 Å². The maximum atomic E-state index is 13.5. The molecule has 3 rings (SSSR count). The molecular formula is C18H15FN4O. The van der Waals surface area contributed by atoms with E-state index >= 15 is 0 Å². The molecule has 2 N–H and O–H groups in total. The number of hydrogen-bond acceptors (Lipinski definition) is 4. The van der Waals surface area contributed by atoms with Crippen LogP contribution in [0.4, 0.5) is 15.9 Å². The molecule has 0 aliphatic heterocycles. The summed E-state index contributed by atoms with van der Waals surface area (Å²) < 4.78 is 13.5. The highest BCUT2D eigenvalue weighted by Crippen LogP contribution is 2.13. The van der Waals surface area contributed by atoms with Gasteiger partial charge in [0.15, 0.2) is 11.5 Å². The van der Waals surface area contributed by atoms with Crippen molar-refractivity contribution >= 4 is 17.4 Å². The van der Waals surface area contributed by atoms with Crippen LogP contribution in [-0.4, -0.2) is 16.1 Å². The van der Waals surface area contributed by atoms with Gasteiger partial charge in [-0.25, -0.2) is 4.39 Å². The Morgan fingerprint density at radius 2 is 1.67 bits per heavy atom. The summed E-state index contributed by atoms with van der Waals surface area (Å²) in [5.74, 6) is -0.227. The quantitative estimate of drug-likeness (QED) is 0.756. The molecule has 0 aliphatic carbocycles. The fourth-order valence-electron chi connectivity index (χ4n) is 2.10. The van der Waals surface area contributed by atoms with Gasteiger partial charge in [-0.1, -0.05) is 36.4 Å². The van der Waals surface area contributed by atoms with E-state index in [4.69, 9.17) is 0 Å². The lowest BCUT2D eigenvalue weighted by molar-refractivity contribution is 0.0944. The lowest BCUT2D eigenvalue weighted by Crippen LogP contribution is -2.24. The molecule has 0 fully saturated rings. The van der Waals surface area contributed by atoms with Gasteiger partial charge in [0, 0.05) is 17.8 Å². The van der Waals surface area contributed by atoms with Gasteiger partial charge in [-0.15, -0.1) is 10.2 Å². The van der Waals surface area contributed by atoms with E-state index in [1.165, 1.54) is 6.07 Å². The van der Waals surface area contributed by atoms with Crippen molar-refractivity contribution in [2.24, 2.45) is 0 Å². The first kappa shape index (κ1) is 15.6. The normalized spacial score (nSPS) is 10.2. The minimum absolute atomic E-state index is 0.0944. The molecule has 0 atom stereocenters. The number of aromatic nitrogens is 2. The summed E-state index contributed by atoms with van der Waals surface area (Å²) in [4.78, 5) is 12.0. The lowest BCUT2D eigenvalue weighted by Gasteiger charge is -2.07. The zero-order valence-corrected chi connectivity index (χ0v) is 12.7. The molecule has 1 heterocycles. The topological polar surface area (TPSA) is 66.9 Å². The number of hydrogen-bond donors (Lipinski definition) is 2. The molecule has 1 aromatic heterocycles. The van der Waals surface area contributed by atoms with Crippen molar-refractivity contribution in [1.29, 1.82) is 0 Å². The van der Waals surface area contributed by atoms with Gasteiger partial charge in [-0.3, -0.25) is 4.79 Å². The third-order valence-electron chi connectivity index (χ3n) is 3.34. The van der Waals surface area contributed by atoms with Crippen molar-refractivity contribution in [2.45, 2.75) is 6.54 Å². The molecular weight excluding hydrogens is 307 g/mol. The van der Waals surface area contributed by atoms with Crippen LogP contribution in [0.2, 0.25) is 0 Å².